The number of benzene rings is 1. The van der Waals surface area contributed by atoms with E-state index in [1.165, 1.54) is 6.33 Å². The van der Waals surface area contributed by atoms with Gasteiger partial charge in [-0.1, -0.05) is 11.8 Å². The first-order chi connectivity index (χ1) is 10.2. The number of nitrogens with one attached hydrogen (secondary N) is 1. The van der Waals surface area contributed by atoms with Crippen molar-refractivity contribution in [2.75, 3.05) is 11.9 Å². The highest BCUT2D eigenvalue weighted by atomic mass is 16.2. The summed E-state index contributed by atoms with van der Waals surface area (Å²) >= 11 is 0. The van der Waals surface area contributed by atoms with Crippen LogP contribution in [0.5, 0.6) is 0 Å². The molecule has 0 saturated heterocycles. The van der Waals surface area contributed by atoms with E-state index in [-0.39, 0.29) is 12.5 Å². The van der Waals surface area contributed by atoms with Gasteiger partial charge in [-0.15, -0.1) is 0 Å². The number of aliphatic hydroxyl groups is 1. The summed E-state index contributed by atoms with van der Waals surface area (Å²) in [5.74, 6) is 5.38. The molecular formula is C15H16N4O2. The molecule has 0 fully saturated rings. The maximum absolute atomic E-state index is 11.8. The lowest BCUT2D eigenvalue weighted by atomic mass is 10.1. The van der Waals surface area contributed by atoms with Gasteiger partial charge < -0.3 is 10.4 Å². The largest absolute Gasteiger partial charge is 0.384 e. The maximum atomic E-state index is 11.8. The van der Waals surface area contributed by atoms with Crippen molar-refractivity contribution in [3.63, 3.8) is 0 Å². The van der Waals surface area contributed by atoms with Gasteiger partial charge >= 0.3 is 0 Å². The van der Waals surface area contributed by atoms with E-state index >= 15 is 0 Å². The van der Waals surface area contributed by atoms with Gasteiger partial charge in [0.2, 0.25) is 5.91 Å². The van der Waals surface area contributed by atoms with Crippen LogP contribution in [-0.4, -0.2) is 32.4 Å². The summed E-state index contributed by atoms with van der Waals surface area (Å²) in [6.07, 6.45) is 3.34. The normalized spacial score (nSPS) is 9.81. The van der Waals surface area contributed by atoms with Crippen LogP contribution in [0.25, 0.3) is 0 Å². The SMILES string of the molecule is Cc1cc(NC(=O)CCn2cncn2)ccc1C#CCO. The molecule has 108 valence electrons. The summed E-state index contributed by atoms with van der Waals surface area (Å²) in [6.45, 7) is 2.23. The summed E-state index contributed by atoms with van der Waals surface area (Å²) in [7, 11) is 0. The monoisotopic (exact) mass is 284 g/mol. The Kier molecular flexibility index (Phi) is 5.07. The second kappa shape index (κ2) is 7.22. The molecule has 0 saturated carbocycles. The molecule has 2 rings (SSSR count). The highest BCUT2D eigenvalue weighted by molar-refractivity contribution is 5.90. The Morgan fingerprint density at radius 1 is 1.48 bits per heavy atom. The van der Waals surface area contributed by atoms with Gasteiger partial charge in [-0.05, 0) is 30.7 Å². The minimum atomic E-state index is -0.166. The van der Waals surface area contributed by atoms with Crippen molar-refractivity contribution < 1.29 is 9.90 Å². The molecule has 0 aliphatic heterocycles. The van der Waals surface area contributed by atoms with Crippen LogP contribution < -0.4 is 5.32 Å². The first-order valence-corrected chi connectivity index (χ1v) is 6.51. The van der Waals surface area contributed by atoms with Gasteiger partial charge in [0.25, 0.3) is 0 Å². The van der Waals surface area contributed by atoms with E-state index < -0.39 is 0 Å². The van der Waals surface area contributed by atoms with Crippen LogP contribution in [0.1, 0.15) is 17.5 Å². The molecule has 0 radical (unpaired) electrons. The predicted molar refractivity (Wildman–Crippen MR) is 78.4 cm³/mol. The number of aryl methyl sites for hydroxylation is 2. The van der Waals surface area contributed by atoms with Gasteiger partial charge in [-0.3, -0.25) is 9.48 Å². The molecule has 0 spiro atoms. The van der Waals surface area contributed by atoms with Crippen molar-refractivity contribution in [2.24, 2.45) is 0 Å². The number of anilines is 1. The van der Waals surface area contributed by atoms with E-state index in [0.29, 0.717) is 13.0 Å². The molecule has 2 aromatic rings. The highest BCUT2D eigenvalue weighted by Crippen LogP contribution is 2.14. The van der Waals surface area contributed by atoms with Gasteiger partial charge in [-0.25, -0.2) is 4.98 Å². The van der Waals surface area contributed by atoms with Gasteiger partial charge in [-0.2, -0.15) is 5.10 Å². The Labute approximate surface area is 122 Å². The molecule has 0 aliphatic carbocycles. The van der Waals surface area contributed by atoms with E-state index in [9.17, 15) is 4.79 Å². The van der Waals surface area contributed by atoms with Gasteiger partial charge in [0.1, 0.15) is 19.3 Å². The van der Waals surface area contributed by atoms with Crippen LogP contribution in [0, 0.1) is 18.8 Å². The molecule has 2 N–H and O–H groups in total. The standard InChI is InChI=1S/C15H16N4O2/c1-12-9-14(5-4-13(12)3-2-8-20)18-15(21)6-7-19-11-16-10-17-19/h4-5,9-11,20H,6-8H2,1H3,(H,18,21). The lowest BCUT2D eigenvalue weighted by Crippen LogP contribution is -2.14. The van der Waals surface area contributed by atoms with Gasteiger partial charge in [0.05, 0.1) is 6.54 Å². The average molecular weight is 284 g/mol. The molecule has 0 bridgehead atoms. The Hall–Kier alpha value is -2.65. The first kappa shape index (κ1) is 14.8. The number of amides is 1. The molecule has 0 aliphatic rings. The van der Waals surface area contributed by atoms with Crippen molar-refractivity contribution in [3.05, 3.63) is 42.0 Å². The fourth-order valence-electron chi connectivity index (χ4n) is 1.80. The number of hydrogen-bond acceptors (Lipinski definition) is 4. The molecule has 6 heteroatoms. The minimum Gasteiger partial charge on any atom is -0.384 e. The number of nitrogens with zero attached hydrogens (tertiary/aromatic N) is 3. The van der Waals surface area contributed by atoms with Crippen molar-refractivity contribution >= 4 is 11.6 Å². The van der Waals surface area contributed by atoms with Crippen LogP contribution in [0.2, 0.25) is 0 Å². The molecule has 0 atom stereocenters. The van der Waals surface area contributed by atoms with E-state index in [1.54, 1.807) is 17.1 Å². The summed E-state index contributed by atoms with van der Waals surface area (Å²) in [4.78, 5) is 15.7. The third-order valence-electron chi connectivity index (χ3n) is 2.85. The molecule has 1 heterocycles. The van der Waals surface area contributed by atoms with E-state index in [1.807, 2.05) is 19.1 Å². The van der Waals surface area contributed by atoms with Crippen molar-refractivity contribution in [2.45, 2.75) is 19.9 Å². The second-order valence-electron chi connectivity index (χ2n) is 4.45. The highest BCUT2D eigenvalue weighted by Gasteiger charge is 2.04. The van der Waals surface area contributed by atoms with Crippen molar-refractivity contribution in [3.8, 4) is 11.8 Å². The predicted octanol–water partition coefficient (Wildman–Crippen LogP) is 0.959. The third kappa shape index (κ3) is 4.44. The summed E-state index contributed by atoms with van der Waals surface area (Å²) in [5, 5.41) is 15.5. The van der Waals surface area contributed by atoms with Crippen LogP contribution in [0.3, 0.4) is 0 Å². The van der Waals surface area contributed by atoms with Crippen LogP contribution in [0.4, 0.5) is 5.69 Å². The van der Waals surface area contributed by atoms with E-state index in [2.05, 4.69) is 27.2 Å². The zero-order valence-corrected chi connectivity index (χ0v) is 11.7. The minimum absolute atomic E-state index is 0.0842. The number of aliphatic hydroxyl groups excluding tert-OH is 1. The molecule has 1 aromatic heterocycles. The van der Waals surface area contributed by atoms with Crippen molar-refractivity contribution in [1.82, 2.24) is 14.8 Å². The molecule has 1 amide bonds. The maximum Gasteiger partial charge on any atom is 0.226 e. The first-order valence-electron chi connectivity index (χ1n) is 6.51. The summed E-state index contributed by atoms with van der Waals surface area (Å²) in [5.41, 5.74) is 2.51. The van der Waals surface area contributed by atoms with Crippen molar-refractivity contribution in [1.29, 1.82) is 0 Å². The zero-order chi connectivity index (χ0) is 15.1. The van der Waals surface area contributed by atoms with Crippen LogP contribution in [0.15, 0.2) is 30.9 Å². The van der Waals surface area contributed by atoms with Crippen LogP contribution >= 0.6 is 0 Å². The number of hydrogen-bond donors (Lipinski definition) is 2. The quantitative estimate of drug-likeness (QED) is 0.820. The fraction of sp³-hybridized carbons (Fsp3) is 0.267. The molecule has 21 heavy (non-hydrogen) atoms. The Balaban J connectivity index is 1.93. The molecule has 0 unspecified atom stereocenters. The molecule has 1 aromatic carbocycles. The summed E-state index contributed by atoms with van der Waals surface area (Å²) < 4.78 is 1.61. The summed E-state index contributed by atoms with van der Waals surface area (Å²) in [6, 6.07) is 5.47. The van der Waals surface area contributed by atoms with Crippen LogP contribution in [-0.2, 0) is 11.3 Å². The Bertz CT molecular complexity index is 669. The number of carbonyl (C=O) groups is 1. The van der Waals surface area contributed by atoms with E-state index in [0.717, 1.165) is 16.8 Å². The lowest BCUT2D eigenvalue weighted by Gasteiger charge is -2.07. The lowest BCUT2D eigenvalue weighted by molar-refractivity contribution is -0.116. The second-order valence-corrected chi connectivity index (χ2v) is 4.45. The Morgan fingerprint density at radius 2 is 2.33 bits per heavy atom. The Morgan fingerprint density at radius 3 is 3.00 bits per heavy atom. The zero-order valence-electron chi connectivity index (χ0n) is 11.7. The molecule has 6 nitrogen and oxygen atoms in total. The topological polar surface area (TPSA) is 80.0 Å². The third-order valence-corrected chi connectivity index (χ3v) is 2.85. The number of aromatic nitrogens is 3. The average Bonchev–Trinajstić information content (AvgIpc) is 2.98. The smallest absolute Gasteiger partial charge is 0.226 e. The number of carbonyl (C=O) groups excluding carboxylic acids is 1. The number of rotatable bonds is 4. The fourth-order valence-corrected chi connectivity index (χ4v) is 1.80. The van der Waals surface area contributed by atoms with Gasteiger partial charge in [0.15, 0.2) is 0 Å². The van der Waals surface area contributed by atoms with E-state index in [4.69, 9.17) is 5.11 Å². The molecular weight excluding hydrogens is 268 g/mol. The van der Waals surface area contributed by atoms with Gasteiger partial charge in [0, 0.05) is 17.7 Å².